The van der Waals surface area contributed by atoms with Crippen LogP contribution >= 0.6 is 0 Å². The molecule has 82 valence electrons. The van der Waals surface area contributed by atoms with E-state index in [0.29, 0.717) is 0 Å². The van der Waals surface area contributed by atoms with Gasteiger partial charge < -0.3 is 5.11 Å². The van der Waals surface area contributed by atoms with Gasteiger partial charge in [0.1, 0.15) is 6.04 Å². The summed E-state index contributed by atoms with van der Waals surface area (Å²) in [6.45, 7) is -0.0283. The summed E-state index contributed by atoms with van der Waals surface area (Å²) >= 11 is 0. The van der Waals surface area contributed by atoms with Gasteiger partial charge in [-0.3, -0.25) is 9.69 Å². The number of carbonyl (C=O) groups is 1. The van der Waals surface area contributed by atoms with Crippen LogP contribution in [0.5, 0.6) is 0 Å². The van der Waals surface area contributed by atoms with Crippen molar-refractivity contribution in [3.63, 3.8) is 0 Å². The van der Waals surface area contributed by atoms with Crippen LogP contribution in [-0.2, 0) is 4.79 Å². The summed E-state index contributed by atoms with van der Waals surface area (Å²) in [6, 6.07) is -1.49. The van der Waals surface area contributed by atoms with Crippen LogP contribution < -0.4 is 0 Å². The molecule has 0 aliphatic carbocycles. The Morgan fingerprint density at radius 1 is 1.43 bits per heavy atom. The number of nitrogens with zero attached hydrogens (tertiary/aromatic N) is 1. The molecule has 0 aromatic carbocycles. The summed E-state index contributed by atoms with van der Waals surface area (Å²) < 4.78 is 37.0. The summed E-state index contributed by atoms with van der Waals surface area (Å²) in [4.78, 5) is 11.6. The monoisotopic (exact) mass is 211 g/mol. The van der Waals surface area contributed by atoms with Gasteiger partial charge in [0.05, 0.1) is 5.92 Å². The average Bonchev–Trinajstić information content (AvgIpc) is 2.01. The maximum atomic E-state index is 12.3. The van der Waals surface area contributed by atoms with Crippen LogP contribution in [0.1, 0.15) is 12.8 Å². The lowest BCUT2D eigenvalue weighted by Gasteiger charge is -2.36. The minimum atomic E-state index is -4.25. The second-order valence-electron chi connectivity index (χ2n) is 3.61. The molecule has 0 radical (unpaired) electrons. The van der Waals surface area contributed by atoms with Gasteiger partial charge in [-0.1, -0.05) is 0 Å². The Morgan fingerprint density at radius 3 is 2.36 bits per heavy atom. The molecule has 0 aromatic heterocycles. The highest BCUT2D eigenvalue weighted by Gasteiger charge is 2.45. The van der Waals surface area contributed by atoms with E-state index < -0.39 is 24.1 Å². The third kappa shape index (κ3) is 2.37. The van der Waals surface area contributed by atoms with E-state index in [1.54, 1.807) is 0 Å². The van der Waals surface area contributed by atoms with Gasteiger partial charge in [0.15, 0.2) is 0 Å². The SMILES string of the molecule is CN1CC(C(=O)O)CCC1C(F)(F)F. The molecule has 1 heterocycles. The first kappa shape index (κ1) is 11.3. The molecule has 0 spiro atoms. The summed E-state index contributed by atoms with van der Waals surface area (Å²) in [5.74, 6) is -1.68. The van der Waals surface area contributed by atoms with Crippen molar-refractivity contribution in [3.8, 4) is 0 Å². The van der Waals surface area contributed by atoms with Crippen LogP contribution in [0.3, 0.4) is 0 Å². The first-order valence-electron chi connectivity index (χ1n) is 4.32. The Balaban J connectivity index is 2.61. The van der Waals surface area contributed by atoms with Gasteiger partial charge in [0.25, 0.3) is 0 Å². The molecule has 1 fully saturated rings. The molecule has 2 atom stereocenters. The van der Waals surface area contributed by atoms with Crippen LogP contribution in [0.15, 0.2) is 0 Å². The van der Waals surface area contributed by atoms with E-state index in [1.807, 2.05) is 0 Å². The molecule has 1 saturated heterocycles. The van der Waals surface area contributed by atoms with Crippen molar-refractivity contribution in [1.82, 2.24) is 4.90 Å². The molecular weight excluding hydrogens is 199 g/mol. The van der Waals surface area contributed by atoms with Crippen LogP contribution in [0, 0.1) is 5.92 Å². The highest BCUT2D eigenvalue weighted by molar-refractivity contribution is 5.70. The fraction of sp³-hybridized carbons (Fsp3) is 0.875. The van der Waals surface area contributed by atoms with Crippen LogP contribution in [0.25, 0.3) is 0 Å². The number of likely N-dealkylation sites (tertiary alicyclic amines) is 1. The number of rotatable bonds is 1. The van der Waals surface area contributed by atoms with Gasteiger partial charge in [0.2, 0.25) is 0 Å². The number of aliphatic carboxylic acids is 1. The van der Waals surface area contributed by atoms with Gasteiger partial charge in [-0.05, 0) is 19.9 Å². The Hall–Kier alpha value is -0.780. The van der Waals surface area contributed by atoms with E-state index in [9.17, 15) is 18.0 Å². The Bertz CT molecular complexity index is 229. The molecule has 3 nitrogen and oxygen atoms in total. The lowest BCUT2D eigenvalue weighted by Crippen LogP contribution is -2.50. The van der Waals surface area contributed by atoms with Crippen LogP contribution in [0.4, 0.5) is 13.2 Å². The van der Waals surface area contributed by atoms with Crippen molar-refractivity contribution in [2.24, 2.45) is 5.92 Å². The Kier molecular flexibility index (Phi) is 3.04. The number of alkyl halides is 3. The van der Waals surface area contributed by atoms with Gasteiger partial charge in [-0.15, -0.1) is 0 Å². The van der Waals surface area contributed by atoms with Gasteiger partial charge >= 0.3 is 12.1 Å². The number of piperidine rings is 1. The molecule has 2 unspecified atom stereocenters. The maximum absolute atomic E-state index is 12.3. The van der Waals surface area contributed by atoms with E-state index in [1.165, 1.54) is 7.05 Å². The lowest BCUT2D eigenvalue weighted by atomic mass is 9.93. The van der Waals surface area contributed by atoms with Crippen molar-refractivity contribution in [1.29, 1.82) is 0 Å². The summed E-state index contributed by atoms with van der Waals surface area (Å²) in [5, 5.41) is 8.64. The third-order valence-electron chi connectivity index (χ3n) is 2.56. The predicted molar refractivity (Wildman–Crippen MR) is 42.8 cm³/mol. The lowest BCUT2D eigenvalue weighted by molar-refractivity contribution is -0.193. The van der Waals surface area contributed by atoms with Crippen molar-refractivity contribution in [3.05, 3.63) is 0 Å². The molecule has 6 heteroatoms. The van der Waals surface area contributed by atoms with E-state index >= 15 is 0 Å². The molecule has 1 aliphatic rings. The highest BCUT2D eigenvalue weighted by Crippen LogP contribution is 2.32. The fourth-order valence-electron chi connectivity index (χ4n) is 1.76. The minimum absolute atomic E-state index is 0.0283. The maximum Gasteiger partial charge on any atom is 0.404 e. The quantitative estimate of drug-likeness (QED) is 0.711. The minimum Gasteiger partial charge on any atom is -0.481 e. The van der Waals surface area contributed by atoms with Gasteiger partial charge in [-0.2, -0.15) is 13.2 Å². The topological polar surface area (TPSA) is 40.5 Å². The molecule has 1 N–H and O–H groups in total. The molecule has 0 saturated carbocycles. The number of carboxylic acid groups (broad SMARTS) is 1. The second kappa shape index (κ2) is 3.76. The molecule has 1 rings (SSSR count). The number of halogens is 3. The number of hydrogen-bond acceptors (Lipinski definition) is 2. The van der Waals surface area contributed by atoms with Crippen molar-refractivity contribution < 1.29 is 23.1 Å². The molecular formula is C8H12F3NO2. The van der Waals surface area contributed by atoms with Crippen molar-refractivity contribution >= 4 is 5.97 Å². The molecule has 0 aromatic rings. The van der Waals surface area contributed by atoms with Crippen molar-refractivity contribution in [2.45, 2.75) is 25.1 Å². The molecule has 1 aliphatic heterocycles. The zero-order chi connectivity index (χ0) is 10.9. The third-order valence-corrected chi connectivity index (χ3v) is 2.56. The number of hydrogen-bond donors (Lipinski definition) is 1. The standard InChI is InChI=1S/C8H12F3NO2/c1-12-4-5(7(13)14)2-3-6(12)8(9,10)11/h5-6H,2-4H2,1H3,(H,13,14). The normalized spacial score (nSPS) is 30.3. The highest BCUT2D eigenvalue weighted by atomic mass is 19.4. The van der Waals surface area contributed by atoms with E-state index in [2.05, 4.69) is 0 Å². The fourth-order valence-corrected chi connectivity index (χ4v) is 1.76. The smallest absolute Gasteiger partial charge is 0.404 e. The molecule has 14 heavy (non-hydrogen) atoms. The van der Waals surface area contributed by atoms with Crippen LogP contribution in [-0.4, -0.2) is 41.8 Å². The molecule has 0 amide bonds. The summed E-state index contributed by atoms with van der Waals surface area (Å²) in [6.07, 6.45) is -4.28. The Morgan fingerprint density at radius 2 is 2.00 bits per heavy atom. The zero-order valence-electron chi connectivity index (χ0n) is 7.71. The largest absolute Gasteiger partial charge is 0.481 e. The van der Waals surface area contributed by atoms with E-state index in [4.69, 9.17) is 5.11 Å². The summed E-state index contributed by atoms with van der Waals surface area (Å²) in [7, 11) is 1.31. The summed E-state index contributed by atoms with van der Waals surface area (Å²) in [5.41, 5.74) is 0. The van der Waals surface area contributed by atoms with Crippen LogP contribution in [0.2, 0.25) is 0 Å². The van der Waals surface area contributed by atoms with E-state index in [0.717, 1.165) is 4.90 Å². The van der Waals surface area contributed by atoms with Crippen molar-refractivity contribution in [2.75, 3.05) is 13.6 Å². The average molecular weight is 211 g/mol. The second-order valence-corrected chi connectivity index (χ2v) is 3.61. The first-order valence-corrected chi connectivity index (χ1v) is 4.32. The Labute approximate surface area is 79.5 Å². The predicted octanol–water partition coefficient (Wildman–Crippen LogP) is 1.34. The van der Waals surface area contributed by atoms with E-state index in [-0.39, 0.29) is 19.4 Å². The van der Waals surface area contributed by atoms with Gasteiger partial charge in [-0.25, -0.2) is 0 Å². The van der Waals surface area contributed by atoms with Gasteiger partial charge in [0, 0.05) is 6.54 Å². The first-order chi connectivity index (χ1) is 6.32. The number of carboxylic acids is 1. The zero-order valence-corrected chi connectivity index (χ0v) is 7.71. The molecule has 0 bridgehead atoms.